The number of benzene rings is 2. The van der Waals surface area contributed by atoms with Crippen molar-refractivity contribution in [1.29, 1.82) is 0 Å². The van der Waals surface area contributed by atoms with Crippen LogP contribution in [0.3, 0.4) is 0 Å². The lowest BCUT2D eigenvalue weighted by atomic mass is 10.0. The minimum atomic E-state index is -1.64. The van der Waals surface area contributed by atoms with E-state index in [4.69, 9.17) is 23.7 Å². The van der Waals surface area contributed by atoms with Crippen molar-refractivity contribution in [2.45, 2.75) is 61.7 Å². The summed E-state index contributed by atoms with van der Waals surface area (Å²) >= 11 is 0. The highest BCUT2D eigenvalue weighted by Gasteiger charge is 2.53. The molecule has 284 valence electrons. The number of carbonyl (C=O) groups excluding carboxylic acids is 3. The number of rotatable bonds is 10. The van der Waals surface area contributed by atoms with Gasteiger partial charge in [0.25, 0.3) is 0 Å². The number of thiol groups is 1. The molecule has 4 aromatic rings. The highest BCUT2D eigenvalue weighted by Crippen LogP contribution is 2.53. The van der Waals surface area contributed by atoms with Gasteiger partial charge in [-0.2, -0.15) is 0 Å². The molecule has 2 aromatic heterocycles. The van der Waals surface area contributed by atoms with Crippen LogP contribution in [-0.2, 0) is 38.1 Å². The predicted octanol–water partition coefficient (Wildman–Crippen LogP) is 3.77. The molecule has 0 saturated carbocycles. The first-order valence-electron chi connectivity index (χ1n) is 16.4. The van der Waals surface area contributed by atoms with Gasteiger partial charge in [0.05, 0.1) is 42.2 Å². The van der Waals surface area contributed by atoms with Gasteiger partial charge in [0, 0.05) is 44.8 Å². The molecule has 0 bridgehead atoms. The fourth-order valence-electron chi connectivity index (χ4n) is 6.82. The van der Waals surface area contributed by atoms with Gasteiger partial charge >= 0.3 is 17.9 Å². The Morgan fingerprint density at radius 3 is 2.13 bits per heavy atom. The van der Waals surface area contributed by atoms with Crippen molar-refractivity contribution in [1.82, 2.24) is 30.0 Å². The fraction of sp³-hybridized carbons (Fsp3) is 0.441. The van der Waals surface area contributed by atoms with E-state index in [1.54, 1.807) is 18.3 Å². The number of carbonyl (C=O) groups is 3. The summed E-state index contributed by atoms with van der Waals surface area (Å²) in [6.07, 6.45) is 0.264. The summed E-state index contributed by atoms with van der Waals surface area (Å²) in [4.78, 5) is 37.5. The van der Waals surface area contributed by atoms with Crippen LogP contribution in [-0.4, -0.2) is 109 Å². The molecule has 0 amide bonds. The molecule has 19 heteroatoms. The maximum Gasteiger partial charge on any atom is 0.303 e. The van der Waals surface area contributed by atoms with Crippen molar-refractivity contribution in [3.05, 3.63) is 72.1 Å². The van der Waals surface area contributed by atoms with Gasteiger partial charge in [-0.25, -0.2) is 37.8 Å². The van der Waals surface area contributed by atoms with E-state index < -0.39 is 93.0 Å². The smallest absolute Gasteiger partial charge is 0.303 e. The molecule has 0 aliphatic carbocycles. The Morgan fingerprint density at radius 1 is 0.849 bits per heavy atom. The first-order chi connectivity index (χ1) is 25.3. The topological polar surface area (TPSA) is 159 Å². The van der Waals surface area contributed by atoms with Crippen LogP contribution < -0.4 is 0 Å². The van der Waals surface area contributed by atoms with Gasteiger partial charge in [-0.1, -0.05) is 22.6 Å². The minimum absolute atomic E-state index is 0.00695. The lowest BCUT2D eigenvalue weighted by Gasteiger charge is -2.52. The van der Waals surface area contributed by atoms with Gasteiger partial charge in [0.1, 0.15) is 48.1 Å². The third-order valence-corrected chi connectivity index (χ3v) is 12.5. The van der Waals surface area contributed by atoms with Crippen molar-refractivity contribution in [3.63, 3.8) is 0 Å². The Bertz CT molecular complexity index is 1960. The van der Waals surface area contributed by atoms with Gasteiger partial charge < -0.3 is 23.7 Å². The maximum absolute atomic E-state index is 14.1. The largest absolute Gasteiger partial charge is 0.465 e. The summed E-state index contributed by atoms with van der Waals surface area (Å²) in [6.45, 7) is 3.67. The Labute approximate surface area is 303 Å². The van der Waals surface area contributed by atoms with Crippen LogP contribution in [0, 0.1) is 23.3 Å². The summed E-state index contributed by atoms with van der Waals surface area (Å²) in [5.74, 6) is -6.52. The van der Waals surface area contributed by atoms with E-state index in [2.05, 4.69) is 20.6 Å². The van der Waals surface area contributed by atoms with Crippen molar-refractivity contribution < 1.29 is 55.6 Å². The zero-order chi connectivity index (χ0) is 38.0. The van der Waals surface area contributed by atoms with Crippen LogP contribution in [0.25, 0.3) is 22.5 Å². The molecule has 2 aromatic carbocycles. The molecule has 8 atom stereocenters. The van der Waals surface area contributed by atoms with E-state index in [1.165, 1.54) is 55.6 Å². The lowest BCUT2D eigenvalue weighted by molar-refractivity contribution is -0.154. The maximum atomic E-state index is 14.1. The average molecular weight is 765 g/mol. The van der Waals surface area contributed by atoms with Crippen molar-refractivity contribution >= 4 is 28.8 Å². The molecule has 1 unspecified atom stereocenters. The van der Waals surface area contributed by atoms with Gasteiger partial charge in [-0.05, 0) is 24.3 Å². The van der Waals surface area contributed by atoms with E-state index in [0.717, 1.165) is 12.1 Å². The molecule has 2 saturated heterocycles. The standard InChI is InChI=1S/C34H36F4N6O8S/c1-17(45)50-15-30-34(52-19(3)47)32(44-12-26(40-42-44)21-9-23(36)31(38)24(37)10-21)28(48-4)16-53(30)29-14-49-13-27(33(29)51-18(2)46)43-11-25(39-41-43)20-6-5-7-22(35)8-20/h5-12,27-30,32-34,53H,13-16H2,1-4H3/t27-,28-,29+,30+,32-,33+,34-/m0/s1. The summed E-state index contributed by atoms with van der Waals surface area (Å²) < 4.78 is 88.3. The van der Waals surface area contributed by atoms with Gasteiger partial charge in [-0.3, -0.25) is 14.4 Å². The Balaban J connectivity index is 1.39. The third kappa shape index (κ3) is 8.21. The molecule has 0 N–H and O–H groups in total. The molecular formula is C34H36F4N6O8S. The number of hydrogen-bond donors (Lipinski definition) is 1. The van der Waals surface area contributed by atoms with Gasteiger partial charge in [-0.15, -0.1) is 10.2 Å². The summed E-state index contributed by atoms with van der Waals surface area (Å²) in [7, 11) is -0.0462. The van der Waals surface area contributed by atoms with E-state index in [0.29, 0.717) is 11.3 Å². The molecule has 2 aliphatic heterocycles. The summed E-state index contributed by atoms with van der Waals surface area (Å²) in [6, 6.07) is 5.80. The van der Waals surface area contributed by atoms with Crippen LogP contribution in [0.2, 0.25) is 0 Å². The number of halogens is 4. The molecule has 53 heavy (non-hydrogen) atoms. The van der Waals surface area contributed by atoms with Gasteiger partial charge in [0.15, 0.2) is 17.5 Å². The predicted molar refractivity (Wildman–Crippen MR) is 180 cm³/mol. The number of esters is 3. The first kappa shape index (κ1) is 37.9. The van der Waals surface area contributed by atoms with Crippen LogP contribution in [0.5, 0.6) is 0 Å². The summed E-state index contributed by atoms with van der Waals surface area (Å²) in [5, 5.41) is 15.4. The molecule has 0 spiro atoms. The number of aromatic nitrogens is 6. The average Bonchev–Trinajstić information content (AvgIpc) is 3.80. The highest BCUT2D eigenvalue weighted by molar-refractivity contribution is 8.18. The van der Waals surface area contributed by atoms with Crippen LogP contribution >= 0.6 is 10.9 Å². The van der Waals surface area contributed by atoms with E-state index >= 15 is 0 Å². The van der Waals surface area contributed by atoms with Crippen molar-refractivity contribution in [2.24, 2.45) is 0 Å². The SMILES string of the molecule is CO[C@H]1C[SH]([C@@H]2COC[C@H](n3cc(-c4cccc(F)c4)nn3)[C@H]2OC(C)=O)[C@H](COC(C)=O)[C@H](OC(C)=O)[C@H]1n1cc(-c2cc(F)c(F)c(F)c2)nn1. The van der Waals surface area contributed by atoms with Crippen LogP contribution in [0.15, 0.2) is 48.8 Å². The van der Waals surface area contributed by atoms with E-state index in [-0.39, 0.29) is 36.8 Å². The molecule has 2 fully saturated rings. The van der Waals surface area contributed by atoms with E-state index in [9.17, 15) is 31.9 Å². The van der Waals surface area contributed by atoms with E-state index in [1.807, 2.05) is 0 Å². The molecule has 4 heterocycles. The van der Waals surface area contributed by atoms with Crippen molar-refractivity contribution in [3.8, 4) is 22.5 Å². The quantitative estimate of drug-likeness (QED) is 0.0821. The minimum Gasteiger partial charge on any atom is -0.465 e. The monoisotopic (exact) mass is 764 g/mol. The van der Waals surface area contributed by atoms with Gasteiger partial charge in [0.2, 0.25) is 0 Å². The Kier molecular flexibility index (Phi) is 11.4. The van der Waals surface area contributed by atoms with Crippen LogP contribution in [0.1, 0.15) is 32.9 Å². The molecule has 6 rings (SSSR count). The lowest BCUT2D eigenvalue weighted by Crippen LogP contribution is -2.57. The second-order valence-corrected chi connectivity index (χ2v) is 15.3. The number of nitrogens with zero attached hydrogens (tertiary/aromatic N) is 6. The van der Waals surface area contributed by atoms with Crippen LogP contribution in [0.4, 0.5) is 17.6 Å². The zero-order valence-corrected chi connectivity index (χ0v) is 29.8. The zero-order valence-electron chi connectivity index (χ0n) is 28.9. The molecule has 14 nitrogen and oxygen atoms in total. The highest BCUT2D eigenvalue weighted by atomic mass is 32.2. The second-order valence-electron chi connectivity index (χ2n) is 12.6. The second kappa shape index (κ2) is 16.0. The number of methoxy groups -OCH3 is 1. The molecule has 0 radical (unpaired) electrons. The normalized spacial score (nSPS) is 26.5. The molecular weight excluding hydrogens is 728 g/mol. The molecule has 2 aliphatic rings. The summed E-state index contributed by atoms with van der Waals surface area (Å²) in [5.41, 5.74) is 0.756. The third-order valence-electron chi connectivity index (χ3n) is 9.11. The first-order valence-corrected chi connectivity index (χ1v) is 18.1. The Morgan fingerprint density at radius 2 is 1.49 bits per heavy atom. The fourth-order valence-corrected chi connectivity index (χ4v) is 10.4. The number of hydrogen-bond acceptors (Lipinski definition) is 12. The van der Waals surface area contributed by atoms with Crippen molar-refractivity contribution in [2.75, 3.05) is 32.7 Å². The number of ether oxygens (including phenoxy) is 5. The Hall–Kier alpha value is -4.88.